The smallest absolute Gasteiger partial charge is 0.249 e. The van der Waals surface area contributed by atoms with Gasteiger partial charge in [0.1, 0.15) is 0 Å². The van der Waals surface area contributed by atoms with Crippen molar-refractivity contribution < 1.29 is 4.79 Å². The van der Waals surface area contributed by atoms with Crippen LogP contribution in [0, 0.1) is 0 Å². The molecule has 2 rings (SSSR count). The van der Waals surface area contributed by atoms with Crippen molar-refractivity contribution in [3.05, 3.63) is 35.4 Å². The summed E-state index contributed by atoms with van der Waals surface area (Å²) in [5.41, 5.74) is 7.04. The molecule has 4 nitrogen and oxygen atoms in total. The Labute approximate surface area is 102 Å². The number of rotatable bonds is 4. The Morgan fingerprint density at radius 2 is 2.29 bits per heavy atom. The number of nitrogens with one attached hydrogen (secondary N) is 1. The molecule has 1 atom stereocenters. The highest BCUT2D eigenvalue weighted by Gasteiger charge is 2.21. The van der Waals surface area contributed by atoms with Crippen LogP contribution in [-0.2, 0) is 6.54 Å². The van der Waals surface area contributed by atoms with Crippen molar-refractivity contribution in [1.82, 2.24) is 10.2 Å². The number of primary amides is 1. The number of likely N-dealkylation sites (N-methyl/N-ethyl adjacent to an activating group) is 1. The lowest BCUT2D eigenvalue weighted by Crippen LogP contribution is -2.29. The van der Waals surface area contributed by atoms with Crippen LogP contribution in [-0.4, -0.2) is 37.0 Å². The molecule has 1 unspecified atom stereocenters. The average molecular weight is 233 g/mol. The lowest BCUT2D eigenvalue weighted by molar-refractivity contribution is 0.0998. The quantitative estimate of drug-likeness (QED) is 0.799. The molecule has 0 aliphatic carbocycles. The van der Waals surface area contributed by atoms with Crippen molar-refractivity contribution in [2.75, 3.05) is 20.1 Å². The van der Waals surface area contributed by atoms with Gasteiger partial charge in [0.15, 0.2) is 0 Å². The third-order valence-electron chi connectivity index (χ3n) is 3.36. The Balaban J connectivity index is 2.06. The van der Waals surface area contributed by atoms with Gasteiger partial charge in [0, 0.05) is 31.2 Å². The summed E-state index contributed by atoms with van der Waals surface area (Å²) in [6, 6.07) is 8.14. The van der Waals surface area contributed by atoms with E-state index >= 15 is 0 Å². The van der Waals surface area contributed by atoms with E-state index in [2.05, 4.69) is 10.2 Å². The van der Waals surface area contributed by atoms with E-state index in [4.69, 9.17) is 5.73 Å². The van der Waals surface area contributed by atoms with E-state index < -0.39 is 0 Å². The van der Waals surface area contributed by atoms with Crippen LogP contribution in [0.5, 0.6) is 0 Å². The van der Waals surface area contributed by atoms with E-state index in [1.807, 2.05) is 25.2 Å². The molecule has 4 heteroatoms. The molecule has 0 saturated carbocycles. The molecular formula is C13H19N3O. The maximum Gasteiger partial charge on any atom is 0.249 e. The molecule has 1 amide bonds. The Hall–Kier alpha value is -1.39. The van der Waals surface area contributed by atoms with Gasteiger partial charge < -0.3 is 11.1 Å². The Kier molecular flexibility index (Phi) is 3.76. The minimum atomic E-state index is -0.343. The SMILES string of the molecule is CNC1CCN(Cc2ccccc2C(N)=O)C1. The summed E-state index contributed by atoms with van der Waals surface area (Å²) in [5.74, 6) is -0.343. The minimum Gasteiger partial charge on any atom is -0.366 e. The number of carbonyl (C=O) groups excluding carboxylic acids is 1. The molecule has 1 aliphatic rings. The van der Waals surface area contributed by atoms with Crippen molar-refractivity contribution in [3.63, 3.8) is 0 Å². The van der Waals surface area contributed by atoms with Crippen LogP contribution in [0.3, 0.4) is 0 Å². The Bertz CT molecular complexity index is 405. The van der Waals surface area contributed by atoms with Gasteiger partial charge in [-0.15, -0.1) is 0 Å². The predicted octanol–water partition coefficient (Wildman–Crippen LogP) is 0.579. The van der Waals surface area contributed by atoms with Gasteiger partial charge in [0.25, 0.3) is 0 Å². The second-order valence-corrected chi connectivity index (χ2v) is 4.53. The second kappa shape index (κ2) is 5.29. The normalized spacial score (nSPS) is 20.6. The highest BCUT2D eigenvalue weighted by molar-refractivity contribution is 5.94. The molecule has 1 fully saturated rings. The second-order valence-electron chi connectivity index (χ2n) is 4.53. The van der Waals surface area contributed by atoms with Crippen LogP contribution in [0.25, 0.3) is 0 Å². The zero-order valence-corrected chi connectivity index (χ0v) is 10.1. The van der Waals surface area contributed by atoms with Crippen molar-refractivity contribution in [2.24, 2.45) is 5.73 Å². The molecule has 0 spiro atoms. The first-order valence-corrected chi connectivity index (χ1v) is 5.98. The van der Waals surface area contributed by atoms with Crippen molar-refractivity contribution in [3.8, 4) is 0 Å². The van der Waals surface area contributed by atoms with Crippen LogP contribution in [0.15, 0.2) is 24.3 Å². The molecule has 3 N–H and O–H groups in total. The fourth-order valence-electron chi connectivity index (χ4n) is 2.35. The summed E-state index contributed by atoms with van der Waals surface area (Å²) < 4.78 is 0. The number of likely N-dealkylation sites (tertiary alicyclic amines) is 1. The predicted molar refractivity (Wildman–Crippen MR) is 67.7 cm³/mol. The number of hydrogen-bond acceptors (Lipinski definition) is 3. The first-order chi connectivity index (χ1) is 8.20. The van der Waals surface area contributed by atoms with E-state index in [0.717, 1.165) is 31.6 Å². The molecular weight excluding hydrogens is 214 g/mol. The van der Waals surface area contributed by atoms with Gasteiger partial charge in [0.05, 0.1) is 0 Å². The van der Waals surface area contributed by atoms with Crippen LogP contribution in [0.1, 0.15) is 22.3 Å². The first-order valence-electron chi connectivity index (χ1n) is 5.98. The maximum absolute atomic E-state index is 11.3. The summed E-state index contributed by atoms with van der Waals surface area (Å²) in [6.45, 7) is 2.90. The maximum atomic E-state index is 11.3. The molecule has 0 radical (unpaired) electrons. The highest BCUT2D eigenvalue weighted by Crippen LogP contribution is 2.16. The molecule has 1 aromatic carbocycles. The minimum absolute atomic E-state index is 0.343. The average Bonchev–Trinajstić information content (AvgIpc) is 2.77. The molecule has 0 aromatic heterocycles. The lowest BCUT2D eigenvalue weighted by atomic mass is 10.1. The Morgan fingerprint density at radius 1 is 1.53 bits per heavy atom. The van der Waals surface area contributed by atoms with Gasteiger partial charge in [-0.05, 0) is 25.1 Å². The molecule has 0 bridgehead atoms. The number of amides is 1. The van der Waals surface area contributed by atoms with E-state index in [-0.39, 0.29) is 5.91 Å². The summed E-state index contributed by atoms with van der Waals surface area (Å²) in [6.07, 6.45) is 1.16. The summed E-state index contributed by atoms with van der Waals surface area (Å²) >= 11 is 0. The largest absolute Gasteiger partial charge is 0.366 e. The number of nitrogens with zero attached hydrogens (tertiary/aromatic N) is 1. The van der Waals surface area contributed by atoms with Gasteiger partial charge in [-0.1, -0.05) is 18.2 Å². The van der Waals surface area contributed by atoms with Gasteiger partial charge in [-0.2, -0.15) is 0 Å². The Morgan fingerprint density at radius 3 is 2.94 bits per heavy atom. The fraction of sp³-hybridized carbons (Fsp3) is 0.462. The van der Waals surface area contributed by atoms with Crippen LogP contribution in [0.4, 0.5) is 0 Å². The fourth-order valence-corrected chi connectivity index (χ4v) is 2.35. The highest BCUT2D eigenvalue weighted by atomic mass is 16.1. The van der Waals surface area contributed by atoms with E-state index in [1.54, 1.807) is 6.07 Å². The molecule has 1 heterocycles. The number of hydrogen-bond donors (Lipinski definition) is 2. The third kappa shape index (κ3) is 2.84. The molecule has 1 aliphatic heterocycles. The molecule has 92 valence electrons. The van der Waals surface area contributed by atoms with Crippen LogP contribution >= 0.6 is 0 Å². The van der Waals surface area contributed by atoms with Crippen LogP contribution < -0.4 is 11.1 Å². The van der Waals surface area contributed by atoms with Crippen molar-refractivity contribution in [1.29, 1.82) is 0 Å². The van der Waals surface area contributed by atoms with Gasteiger partial charge in [-0.3, -0.25) is 9.69 Å². The number of benzene rings is 1. The zero-order valence-electron chi connectivity index (χ0n) is 10.1. The monoisotopic (exact) mass is 233 g/mol. The zero-order chi connectivity index (χ0) is 12.3. The summed E-state index contributed by atoms with van der Waals surface area (Å²) in [7, 11) is 1.99. The van der Waals surface area contributed by atoms with Crippen molar-refractivity contribution in [2.45, 2.75) is 19.0 Å². The number of nitrogens with two attached hydrogens (primary N) is 1. The van der Waals surface area contributed by atoms with E-state index in [0.29, 0.717) is 11.6 Å². The molecule has 1 saturated heterocycles. The summed E-state index contributed by atoms with van der Waals surface area (Å²) in [5, 5.41) is 3.28. The third-order valence-corrected chi connectivity index (χ3v) is 3.36. The topological polar surface area (TPSA) is 58.4 Å². The summed E-state index contributed by atoms with van der Waals surface area (Å²) in [4.78, 5) is 13.7. The molecule has 17 heavy (non-hydrogen) atoms. The van der Waals surface area contributed by atoms with E-state index in [1.165, 1.54) is 0 Å². The lowest BCUT2D eigenvalue weighted by Gasteiger charge is -2.17. The van der Waals surface area contributed by atoms with Gasteiger partial charge in [0.2, 0.25) is 5.91 Å². The van der Waals surface area contributed by atoms with Crippen molar-refractivity contribution >= 4 is 5.91 Å². The van der Waals surface area contributed by atoms with Gasteiger partial charge >= 0.3 is 0 Å². The van der Waals surface area contributed by atoms with Crippen LogP contribution in [0.2, 0.25) is 0 Å². The number of carbonyl (C=O) groups is 1. The van der Waals surface area contributed by atoms with Gasteiger partial charge in [-0.25, -0.2) is 0 Å². The standard InChI is InChI=1S/C13H19N3O/c1-15-11-6-7-16(9-11)8-10-4-2-3-5-12(10)13(14)17/h2-5,11,15H,6-9H2,1H3,(H2,14,17). The molecule has 1 aromatic rings. The first kappa shape index (κ1) is 12.1. The van der Waals surface area contributed by atoms with E-state index in [9.17, 15) is 4.79 Å².